The van der Waals surface area contributed by atoms with E-state index in [2.05, 4.69) is 98.1 Å². The van der Waals surface area contributed by atoms with Crippen LogP contribution in [0.4, 0.5) is 0 Å². The van der Waals surface area contributed by atoms with Crippen molar-refractivity contribution in [1.82, 2.24) is 0 Å². The van der Waals surface area contributed by atoms with Gasteiger partial charge in [-0.2, -0.15) is 0 Å². The number of rotatable bonds is 6. The zero-order valence-electron chi connectivity index (χ0n) is 14.8. The van der Waals surface area contributed by atoms with E-state index in [1.165, 1.54) is 27.8 Å². The van der Waals surface area contributed by atoms with Gasteiger partial charge in [0.25, 0.3) is 0 Å². The Morgan fingerprint density at radius 1 is 0.760 bits per heavy atom. The van der Waals surface area contributed by atoms with Gasteiger partial charge in [0, 0.05) is 5.92 Å². The van der Waals surface area contributed by atoms with Crippen LogP contribution in [0.15, 0.2) is 104 Å². The van der Waals surface area contributed by atoms with Gasteiger partial charge in [0.15, 0.2) is 0 Å². The Hall–Kier alpha value is -2.86. The van der Waals surface area contributed by atoms with Crippen molar-refractivity contribution >= 4 is 5.57 Å². The Bertz CT molecular complexity index is 817. The molecule has 0 radical (unpaired) electrons. The molecule has 3 aromatic carbocycles. The topological polar surface area (TPSA) is 0 Å². The molecule has 3 aromatic rings. The zero-order chi connectivity index (χ0) is 17.6. The summed E-state index contributed by atoms with van der Waals surface area (Å²) in [4.78, 5) is 0. The molecule has 0 aromatic heterocycles. The molecule has 0 unspecified atom stereocenters. The second-order valence-corrected chi connectivity index (χ2v) is 6.57. The summed E-state index contributed by atoms with van der Waals surface area (Å²) in [7, 11) is 0. The first-order valence-electron chi connectivity index (χ1n) is 8.67. The molecule has 0 heterocycles. The molecule has 3 rings (SSSR count). The van der Waals surface area contributed by atoms with Crippen LogP contribution in [0.1, 0.15) is 35.1 Å². The summed E-state index contributed by atoms with van der Waals surface area (Å²) in [6, 6.07) is 29.9. The first kappa shape index (κ1) is 17.0. The van der Waals surface area contributed by atoms with Gasteiger partial charge in [-0.3, -0.25) is 0 Å². The summed E-state index contributed by atoms with van der Waals surface area (Å²) < 4.78 is 0. The summed E-state index contributed by atoms with van der Waals surface area (Å²) in [6.07, 6.45) is 0.857. The molecule has 25 heavy (non-hydrogen) atoms. The SMILES string of the molecule is C=C(C)c1cccc(CC(=C)C(c2ccccc2)c2ccccc2)c1. The molecule has 0 saturated heterocycles. The van der Waals surface area contributed by atoms with Crippen molar-refractivity contribution in [2.24, 2.45) is 0 Å². The van der Waals surface area contributed by atoms with E-state index in [0.717, 1.165) is 12.0 Å². The largest absolute Gasteiger partial charge is 0.0986 e. The highest BCUT2D eigenvalue weighted by atomic mass is 14.2. The molecule has 0 heteroatoms. The molecule has 0 aliphatic heterocycles. The molecule has 0 saturated carbocycles. The minimum absolute atomic E-state index is 0.205. The van der Waals surface area contributed by atoms with E-state index in [9.17, 15) is 0 Å². The Morgan fingerprint density at radius 3 is 1.84 bits per heavy atom. The smallest absolute Gasteiger partial charge is 0.0299 e. The van der Waals surface area contributed by atoms with E-state index in [1.807, 2.05) is 6.92 Å². The lowest BCUT2D eigenvalue weighted by molar-refractivity contribution is 0.901. The average Bonchev–Trinajstić information content (AvgIpc) is 2.64. The normalized spacial score (nSPS) is 10.6. The molecule has 0 N–H and O–H groups in total. The lowest BCUT2D eigenvalue weighted by Gasteiger charge is -2.21. The molecule has 0 aliphatic carbocycles. The Kier molecular flexibility index (Phi) is 5.30. The standard InChI is InChI=1S/C25H24/c1-19(2)24-16-10-11-21(18-24)17-20(3)25(22-12-6-4-7-13-22)23-14-8-5-9-15-23/h4-16,18,25H,1,3,17H2,2H3. The predicted octanol–water partition coefficient (Wildman–Crippen LogP) is 6.65. The van der Waals surface area contributed by atoms with E-state index in [1.54, 1.807) is 0 Å². The fourth-order valence-corrected chi connectivity index (χ4v) is 3.27. The Morgan fingerprint density at radius 2 is 1.32 bits per heavy atom. The number of hydrogen-bond acceptors (Lipinski definition) is 0. The third-order valence-corrected chi connectivity index (χ3v) is 4.53. The van der Waals surface area contributed by atoms with E-state index in [0.29, 0.717) is 0 Å². The predicted molar refractivity (Wildman–Crippen MR) is 109 cm³/mol. The van der Waals surface area contributed by atoms with Crippen LogP contribution in [0.25, 0.3) is 5.57 Å². The molecule has 0 spiro atoms. The van der Waals surface area contributed by atoms with E-state index in [-0.39, 0.29) is 5.92 Å². The first-order valence-corrected chi connectivity index (χ1v) is 8.67. The van der Waals surface area contributed by atoms with Crippen molar-refractivity contribution in [3.05, 3.63) is 126 Å². The monoisotopic (exact) mass is 324 g/mol. The van der Waals surface area contributed by atoms with Gasteiger partial charge in [-0.1, -0.05) is 109 Å². The number of hydrogen-bond donors (Lipinski definition) is 0. The maximum absolute atomic E-state index is 4.46. The summed E-state index contributed by atoms with van der Waals surface area (Å²) in [6.45, 7) is 10.6. The fourth-order valence-electron chi connectivity index (χ4n) is 3.27. The molecule has 0 amide bonds. The van der Waals surface area contributed by atoms with Crippen LogP contribution in [-0.2, 0) is 6.42 Å². The average molecular weight is 324 g/mol. The highest BCUT2D eigenvalue weighted by molar-refractivity contribution is 5.62. The first-order chi connectivity index (χ1) is 12.1. The van der Waals surface area contributed by atoms with Crippen LogP contribution < -0.4 is 0 Å². The molecule has 0 atom stereocenters. The van der Waals surface area contributed by atoms with Gasteiger partial charge in [0.05, 0.1) is 0 Å². The third kappa shape index (κ3) is 4.16. The highest BCUT2D eigenvalue weighted by Gasteiger charge is 2.17. The maximum Gasteiger partial charge on any atom is 0.0299 e. The van der Waals surface area contributed by atoms with Crippen LogP contribution in [0.5, 0.6) is 0 Å². The quantitative estimate of drug-likeness (QED) is 0.445. The van der Waals surface area contributed by atoms with Gasteiger partial charge < -0.3 is 0 Å². The van der Waals surface area contributed by atoms with Crippen molar-refractivity contribution in [3.63, 3.8) is 0 Å². The Labute approximate surface area is 151 Å². The summed E-state index contributed by atoms with van der Waals surface area (Å²) in [5, 5.41) is 0. The maximum atomic E-state index is 4.46. The van der Waals surface area contributed by atoms with Gasteiger partial charge in [0.2, 0.25) is 0 Å². The molecular formula is C25H24. The van der Waals surface area contributed by atoms with Crippen molar-refractivity contribution in [3.8, 4) is 0 Å². The van der Waals surface area contributed by atoms with Crippen molar-refractivity contribution in [1.29, 1.82) is 0 Å². The minimum Gasteiger partial charge on any atom is -0.0986 e. The number of allylic oxidation sites excluding steroid dienone is 2. The van der Waals surface area contributed by atoms with Crippen LogP contribution >= 0.6 is 0 Å². The zero-order valence-corrected chi connectivity index (χ0v) is 14.8. The molecule has 0 aliphatic rings. The van der Waals surface area contributed by atoms with Crippen LogP contribution in [0.3, 0.4) is 0 Å². The molecule has 0 bridgehead atoms. The fraction of sp³-hybridized carbons (Fsp3) is 0.120. The van der Waals surface area contributed by atoms with E-state index < -0.39 is 0 Å². The van der Waals surface area contributed by atoms with Gasteiger partial charge >= 0.3 is 0 Å². The lowest BCUT2D eigenvalue weighted by atomic mass is 9.83. The van der Waals surface area contributed by atoms with Gasteiger partial charge in [-0.15, -0.1) is 0 Å². The lowest BCUT2D eigenvalue weighted by Crippen LogP contribution is -2.06. The molecule has 0 fully saturated rings. The number of benzene rings is 3. The minimum atomic E-state index is 0.205. The summed E-state index contributed by atoms with van der Waals surface area (Å²) in [5.74, 6) is 0.205. The van der Waals surface area contributed by atoms with Crippen molar-refractivity contribution < 1.29 is 0 Å². The van der Waals surface area contributed by atoms with E-state index >= 15 is 0 Å². The molecule has 124 valence electrons. The molecular weight excluding hydrogens is 300 g/mol. The van der Waals surface area contributed by atoms with Gasteiger partial charge in [-0.05, 0) is 35.6 Å². The third-order valence-electron chi connectivity index (χ3n) is 4.53. The van der Waals surface area contributed by atoms with Crippen molar-refractivity contribution in [2.75, 3.05) is 0 Å². The summed E-state index contributed by atoms with van der Waals surface area (Å²) in [5.41, 5.74) is 7.35. The van der Waals surface area contributed by atoms with Crippen LogP contribution in [0, 0.1) is 0 Å². The van der Waals surface area contributed by atoms with E-state index in [4.69, 9.17) is 0 Å². The Balaban J connectivity index is 1.93. The molecule has 0 nitrogen and oxygen atoms in total. The second-order valence-electron chi connectivity index (χ2n) is 6.57. The van der Waals surface area contributed by atoms with Crippen LogP contribution in [0.2, 0.25) is 0 Å². The van der Waals surface area contributed by atoms with Crippen molar-refractivity contribution in [2.45, 2.75) is 19.3 Å². The summed E-state index contributed by atoms with van der Waals surface area (Å²) >= 11 is 0. The van der Waals surface area contributed by atoms with Gasteiger partial charge in [-0.25, -0.2) is 0 Å². The van der Waals surface area contributed by atoms with Crippen LogP contribution in [-0.4, -0.2) is 0 Å². The van der Waals surface area contributed by atoms with Gasteiger partial charge in [0.1, 0.15) is 0 Å². The highest BCUT2D eigenvalue weighted by Crippen LogP contribution is 2.33. The second kappa shape index (κ2) is 7.81.